The van der Waals surface area contributed by atoms with Gasteiger partial charge in [-0.05, 0) is 62.8 Å². The number of esters is 1. The number of aryl methyl sites for hydroxylation is 2. The molecule has 0 saturated heterocycles. The highest BCUT2D eigenvalue weighted by Gasteiger charge is 2.34. The van der Waals surface area contributed by atoms with Gasteiger partial charge >= 0.3 is 18.2 Å². The fraction of sp³-hybridized carbons (Fsp3) is 0.429. The monoisotopic (exact) mass is 820 g/mol. The molecule has 3 N–H and O–H groups in total. The molecule has 0 unspecified atom stereocenters. The average Bonchev–Trinajstić information content (AvgIpc) is 3.82. The van der Waals surface area contributed by atoms with Crippen LogP contribution in [0.15, 0.2) is 48.9 Å². The lowest BCUT2D eigenvalue weighted by atomic mass is 9.95. The Labute approximate surface area is 338 Å². The van der Waals surface area contributed by atoms with Gasteiger partial charge in [0.1, 0.15) is 30.6 Å². The largest absolute Gasteiger partial charge is 0.459 e. The second-order valence-electron chi connectivity index (χ2n) is 15.7. The Morgan fingerprint density at radius 1 is 1.00 bits per heavy atom. The van der Waals surface area contributed by atoms with Crippen molar-refractivity contribution >= 4 is 34.8 Å². The topological polar surface area (TPSA) is 156 Å². The fourth-order valence-corrected chi connectivity index (χ4v) is 7.15. The second-order valence-corrected chi connectivity index (χ2v) is 15.7. The van der Waals surface area contributed by atoms with Crippen molar-refractivity contribution in [1.82, 2.24) is 35.4 Å². The summed E-state index contributed by atoms with van der Waals surface area (Å²) in [5.41, 5.74) is 4.00. The van der Waals surface area contributed by atoms with Gasteiger partial charge in [0.15, 0.2) is 0 Å². The minimum absolute atomic E-state index is 0.102. The van der Waals surface area contributed by atoms with Gasteiger partial charge in [-0.1, -0.05) is 45.9 Å². The van der Waals surface area contributed by atoms with Crippen molar-refractivity contribution in [3.8, 4) is 16.9 Å². The van der Waals surface area contributed by atoms with Crippen molar-refractivity contribution in [2.24, 2.45) is 5.92 Å². The number of rotatable bonds is 12. The van der Waals surface area contributed by atoms with Crippen LogP contribution < -0.4 is 15.5 Å². The number of alkyl halides is 3. The Morgan fingerprint density at radius 2 is 1.68 bits per heavy atom. The zero-order chi connectivity index (χ0) is 42.8. The zero-order valence-electron chi connectivity index (χ0n) is 34.0. The van der Waals surface area contributed by atoms with Crippen LogP contribution in [0.5, 0.6) is 0 Å². The highest BCUT2D eigenvalue weighted by Crippen LogP contribution is 2.41. The molecule has 314 valence electrons. The van der Waals surface area contributed by atoms with Crippen molar-refractivity contribution in [3.05, 3.63) is 88.3 Å². The van der Waals surface area contributed by atoms with E-state index in [0.29, 0.717) is 59.2 Å². The minimum Gasteiger partial charge on any atom is -0.459 e. The number of hydrogen-bond donors (Lipinski definition) is 3. The van der Waals surface area contributed by atoms with Gasteiger partial charge in [-0.2, -0.15) is 18.3 Å². The third-order valence-electron chi connectivity index (χ3n) is 9.99. The summed E-state index contributed by atoms with van der Waals surface area (Å²) in [7, 11) is 0. The number of fused-ring (bicyclic) bond motifs is 2. The van der Waals surface area contributed by atoms with E-state index >= 15 is 4.39 Å². The van der Waals surface area contributed by atoms with E-state index in [0.717, 1.165) is 29.2 Å². The van der Waals surface area contributed by atoms with E-state index in [1.165, 1.54) is 6.07 Å². The molecule has 0 fully saturated rings. The number of amides is 2. The lowest BCUT2D eigenvalue weighted by Gasteiger charge is -2.27. The van der Waals surface area contributed by atoms with Gasteiger partial charge < -0.3 is 30.0 Å². The SMILES string of the molecule is CCc1cccc(CC)c1-n1nc2c(c1-c1c(F)cc(COC(=O)CNC(=O)[C@@H](NC(=O)OC(C)(C)C)C(C)C)c3[nH]ccc13)CN(c1ncc(C(F)(F)F)cn1)CC2. The van der Waals surface area contributed by atoms with Crippen molar-refractivity contribution in [3.63, 3.8) is 0 Å². The Morgan fingerprint density at radius 3 is 2.29 bits per heavy atom. The van der Waals surface area contributed by atoms with E-state index in [1.807, 2.05) is 32.0 Å². The normalized spacial score (nSPS) is 13.7. The van der Waals surface area contributed by atoms with Gasteiger partial charge in [0.2, 0.25) is 11.9 Å². The summed E-state index contributed by atoms with van der Waals surface area (Å²) in [6, 6.07) is 8.01. The van der Waals surface area contributed by atoms with E-state index in [1.54, 1.807) is 56.5 Å². The minimum atomic E-state index is -4.59. The number of ether oxygens (including phenoxy) is 2. The number of nitrogens with zero attached hydrogens (tertiary/aromatic N) is 5. The van der Waals surface area contributed by atoms with Gasteiger partial charge in [-0.3, -0.25) is 9.59 Å². The number of alkyl carbamates (subject to hydrolysis) is 1. The summed E-state index contributed by atoms with van der Waals surface area (Å²) in [5.74, 6) is -2.24. The quantitative estimate of drug-likeness (QED) is 0.0865. The summed E-state index contributed by atoms with van der Waals surface area (Å²) in [5, 5.41) is 10.6. The molecule has 1 aliphatic rings. The molecular weight excluding hydrogens is 773 g/mol. The zero-order valence-corrected chi connectivity index (χ0v) is 34.0. The molecule has 0 bridgehead atoms. The van der Waals surface area contributed by atoms with Gasteiger partial charge in [0.05, 0.1) is 28.2 Å². The first kappa shape index (κ1) is 42.6. The Balaban J connectivity index is 1.31. The Hall–Kier alpha value is -6.00. The number of aromatic nitrogens is 5. The van der Waals surface area contributed by atoms with E-state index in [2.05, 4.69) is 25.6 Å². The first-order valence-electron chi connectivity index (χ1n) is 19.5. The van der Waals surface area contributed by atoms with Crippen LogP contribution in [0.25, 0.3) is 27.8 Å². The summed E-state index contributed by atoms with van der Waals surface area (Å²) in [6.07, 6.45) is -0.477. The van der Waals surface area contributed by atoms with E-state index < -0.39 is 53.7 Å². The van der Waals surface area contributed by atoms with E-state index in [4.69, 9.17) is 14.6 Å². The highest BCUT2D eigenvalue weighted by molar-refractivity contribution is 5.98. The van der Waals surface area contributed by atoms with E-state index in [9.17, 15) is 27.6 Å². The molecule has 59 heavy (non-hydrogen) atoms. The predicted molar refractivity (Wildman–Crippen MR) is 212 cm³/mol. The molecule has 0 spiro atoms. The number of anilines is 1. The summed E-state index contributed by atoms with van der Waals surface area (Å²) < 4.78 is 69.5. The third-order valence-corrected chi connectivity index (χ3v) is 9.99. The average molecular weight is 821 g/mol. The van der Waals surface area contributed by atoms with Gasteiger partial charge in [0, 0.05) is 60.2 Å². The molecule has 3 aromatic heterocycles. The lowest BCUT2D eigenvalue weighted by molar-refractivity contribution is -0.145. The number of benzene rings is 2. The van der Waals surface area contributed by atoms with Crippen LogP contribution in [0, 0.1) is 11.7 Å². The number of hydrogen-bond acceptors (Lipinski definition) is 9. The molecule has 2 aromatic carbocycles. The number of carbonyl (C=O) groups excluding carboxylic acids is 3. The maximum Gasteiger partial charge on any atom is 0.419 e. The molecule has 6 rings (SSSR count). The molecule has 5 aromatic rings. The van der Waals surface area contributed by atoms with Crippen LogP contribution in [0.4, 0.5) is 28.3 Å². The van der Waals surface area contributed by atoms with Crippen LogP contribution >= 0.6 is 0 Å². The maximum absolute atomic E-state index is 16.9. The van der Waals surface area contributed by atoms with Gasteiger partial charge in [-0.15, -0.1) is 0 Å². The van der Waals surface area contributed by atoms with E-state index in [-0.39, 0.29) is 30.6 Å². The summed E-state index contributed by atoms with van der Waals surface area (Å²) in [6.45, 7) is 12.3. The fourth-order valence-electron chi connectivity index (χ4n) is 7.15. The summed E-state index contributed by atoms with van der Waals surface area (Å²) >= 11 is 0. The first-order chi connectivity index (χ1) is 27.9. The molecule has 13 nitrogen and oxygen atoms in total. The van der Waals surface area contributed by atoms with Gasteiger partial charge in [-0.25, -0.2) is 23.8 Å². The van der Waals surface area contributed by atoms with Crippen molar-refractivity contribution in [2.45, 2.75) is 98.7 Å². The third kappa shape index (κ3) is 9.34. The standard InChI is InChI=1S/C42H48F4N8O5/c1-8-24-11-10-12-25(9-2)36(24)54-37(29-21-53(16-14-31(29)52-54)39-49-18-27(19-50-39)42(44,45)46)33-28-13-15-47-35(28)26(17-30(33)43)22-58-32(55)20-48-38(56)34(23(3)4)51-40(57)59-41(5,6)7/h10-13,15,17-19,23,34,47H,8-9,14,16,20-22H2,1-7H3,(H,48,56)(H,51,57)/t34-/m0/s1. The highest BCUT2D eigenvalue weighted by atomic mass is 19.4. The Bertz CT molecular complexity index is 2330. The number of aromatic amines is 1. The smallest absolute Gasteiger partial charge is 0.419 e. The van der Waals surface area contributed by atoms with Crippen molar-refractivity contribution in [1.29, 1.82) is 0 Å². The molecule has 1 atom stereocenters. The maximum atomic E-state index is 16.9. The van der Waals surface area contributed by atoms with Crippen LogP contribution in [0.1, 0.15) is 82.0 Å². The molecule has 4 heterocycles. The van der Waals surface area contributed by atoms with Crippen molar-refractivity contribution < 1.29 is 41.4 Å². The number of halogens is 4. The molecular formula is C42H48F4N8O5. The number of carbonyl (C=O) groups is 3. The molecule has 0 saturated carbocycles. The van der Waals surface area contributed by atoms with Crippen molar-refractivity contribution in [2.75, 3.05) is 18.0 Å². The van der Waals surface area contributed by atoms with Crippen LogP contribution in [0.3, 0.4) is 0 Å². The first-order valence-corrected chi connectivity index (χ1v) is 19.5. The van der Waals surface area contributed by atoms with Crippen LogP contribution in [-0.4, -0.2) is 67.4 Å². The van der Waals surface area contributed by atoms with Crippen LogP contribution in [-0.2, 0) is 57.7 Å². The van der Waals surface area contributed by atoms with Crippen LogP contribution in [0.2, 0.25) is 0 Å². The molecule has 17 heteroatoms. The predicted octanol–water partition coefficient (Wildman–Crippen LogP) is 7.36. The summed E-state index contributed by atoms with van der Waals surface area (Å²) in [4.78, 5) is 51.2. The molecule has 0 radical (unpaired) electrons. The Kier molecular flexibility index (Phi) is 12.3. The number of H-pyrrole nitrogens is 1. The molecule has 2 amide bonds. The second kappa shape index (κ2) is 17.1. The van der Waals surface area contributed by atoms with Gasteiger partial charge in [0.25, 0.3) is 0 Å². The molecule has 0 aliphatic carbocycles. The lowest BCUT2D eigenvalue weighted by Crippen LogP contribution is -2.51. The number of nitrogens with one attached hydrogen (secondary N) is 3. The number of para-hydroxylation sites is 1. The molecule has 1 aliphatic heterocycles.